The lowest BCUT2D eigenvalue weighted by molar-refractivity contribution is 0.0469. The van der Waals surface area contributed by atoms with Gasteiger partial charge in [-0.1, -0.05) is 29.8 Å². The molecule has 0 amide bonds. The Balaban J connectivity index is 1.80. The molecule has 3 rings (SSSR count). The average molecular weight is 330 g/mol. The van der Waals surface area contributed by atoms with Gasteiger partial charge >= 0.3 is 5.97 Å². The third-order valence-electron chi connectivity index (χ3n) is 3.31. The number of ether oxygens (including phenoxy) is 1. The fraction of sp³-hybridized carbons (Fsp3) is 0.0588. The molecule has 116 valence electrons. The van der Waals surface area contributed by atoms with Gasteiger partial charge in [-0.05, 0) is 24.3 Å². The molecule has 0 atom stereocenters. The summed E-state index contributed by atoms with van der Waals surface area (Å²) in [5.74, 6) is -1.20. The maximum atomic E-state index is 12.0. The summed E-state index contributed by atoms with van der Waals surface area (Å²) in [6, 6.07) is 12.9. The van der Waals surface area contributed by atoms with Gasteiger partial charge in [0.15, 0.2) is 0 Å². The highest BCUT2D eigenvalue weighted by Gasteiger charge is 2.14. The molecule has 23 heavy (non-hydrogen) atoms. The van der Waals surface area contributed by atoms with E-state index < -0.39 is 5.97 Å². The predicted octanol–water partition coefficient (Wildman–Crippen LogP) is 3.66. The highest BCUT2D eigenvalue weighted by Crippen LogP contribution is 2.25. The lowest BCUT2D eigenvalue weighted by Gasteiger charge is -2.09. The van der Waals surface area contributed by atoms with Crippen LogP contribution in [-0.4, -0.2) is 21.2 Å². The number of hydrogen-bond acceptors (Lipinski definition) is 5. The summed E-state index contributed by atoms with van der Waals surface area (Å²) in [6.45, 7) is -0.0736. The van der Waals surface area contributed by atoms with Crippen LogP contribution in [0, 0.1) is 0 Å². The van der Waals surface area contributed by atoms with E-state index in [0.29, 0.717) is 5.56 Å². The van der Waals surface area contributed by atoms with E-state index in [0.717, 1.165) is 17.0 Å². The van der Waals surface area contributed by atoms with E-state index in [4.69, 9.17) is 16.3 Å². The number of aromatic hydroxyl groups is 2. The van der Waals surface area contributed by atoms with Crippen LogP contribution < -0.4 is 0 Å². The Kier molecular flexibility index (Phi) is 4.04. The normalized spacial score (nSPS) is 10.7. The number of esters is 1. The zero-order chi connectivity index (χ0) is 16.4. The summed E-state index contributed by atoms with van der Waals surface area (Å²) in [4.78, 5) is 16.2. The Morgan fingerprint density at radius 2 is 1.91 bits per heavy atom. The van der Waals surface area contributed by atoms with E-state index >= 15 is 0 Å². The van der Waals surface area contributed by atoms with Crippen molar-refractivity contribution in [3.05, 3.63) is 64.8 Å². The van der Waals surface area contributed by atoms with E-state index in [9.17, 15) is 15.0 Å². The van der Waals surface area contributed by atoms with Gasteiger partial charge in [0.1, 0.15) is 28.8 Å². The highest BCUT2D eigenvalue weighted by atomic mass is 35.5. The van der Waals surface area contributed by atoms with Crippen molar-refractivity contribution < 1.29 is 19.7 Å². The second-order valence-corrected chi connectivity index (χ2v) is 5.27. The molecule has 3 aromatic rings. The minimum atomic E-state index is -0.716. The summed E-state index contributed by atoms with van der Waals surface area (Å²) >= 11 is 6.10. The Morgan fingerprint density at radius 1 is 1.13 bits per heavy atom. The lowest BCUT2D eigenvalue weighted by atomic mass is 10.1. The molecule has 0 unspecified atom stereocenters. The van der Waals surface area contributed by atoms with Crippen LogP contribution in [0.4, 0.5) is 0 Å². The van der Waals surface area contributed by atoms with Crippen molar-refractivity contribution in [2.24, 2.45) is 0 Å². The van der Waals surface area contributed by atoms with Gasteiger partial charge in [-0.25, -0.2) is 9.78 Å². The first-order valence-corrected chi connectivity index (χ1v) is 7.15. The minimum Gasteiger partial charge on any atom is -0.508 e. The van der Waals surface area contributed by atoms with Crippen LogP contribution in [0.15, 0.2) is 48.5 Å². The van der Waals surface area contributed by atoms with Crippen molar-refractivity contribution in [1.29, 1.82) is 0 Å². The standard InChI is InChI=1S/C17H12ClNO4/c18-16-11(7-10-3-1-2-4-14(10)19-16)9-23-17(22)13-6-5-12(20)8-15(13)21/h1-8,20-21H,9H2. The van der Waals surface area contributed by atoms with Crippen LogP contribution in [0.3, 0.4) is 0 Å². The molecule has 0 aliphatic carbocycles. The molecule has 0 saturated carbocycles. The third-order valence-corrected chi connectivity index (χ3v) is 3.64. The van der Waals surface area contributed by atoms with Crippen LogP contribution >= 0.6 is 11.6 Å². The Bertz CT molecular complexity index is 895. The molecule has 5 nitrogen and oxygen atoms in total. The van der Waals surface area contributed by atoms with Gasteiger partial charge in [0.2, 0.25) is 0 Å². The summed E-state index contributed by atoms with van der Waals surface area (Å²) in [6.07, 6.45) is 0. The highest BCUT2D eigenvalue weighted by molar-refractivity contribution is 6.30. The zero-order valence-corrected chi connectivity index (χ0v) is 12.6. The van der Waals surface area contributed by atoms with Gasteiger partial charge in [0.25, 0.3) is 0 Å². The number of phenolic OH excluding ortho intramolecular Hbond substituents is 2. The van der Waals surface area contributed by atoms with E-state index in [-0.39, 0.29) is 28.8 Å². The van der Waals surface area contributed by atoms with Gasteiger partial charge in [-0.2, -0.15) is 0 Å². The molecule has 1 aromatic heterocycles. The van der Waals surface area contributed by atoms with Crippen molar-refractivity contribution >= 4 is 28.5 Å². The van der Waals surface area contributed by atoms with Crippen molar-refractivity contribution in [3.63, 3.8) is 0 Å². The number of carbonyl (C=O) groups is 1. The molecule has 0 aliphatic heterocycles. The van der Waals surface area contributed by atoms with Crippen molar-refractivity contribution in [3.8, 4) is 11.5 Å². The largest absolute Gasteiger partial charge is 0.508 e. The van der Waals surface area contributed by atoms with Gasteiger partial charge < -0.3 is 14.9 Å². The summed E-state index contributed by atoms with van der Waals surface area (Å²) in [7, 11) is 0. The quantitative estimate of drug-likeness (QED) is 0.566. The SMILES string of the molecule is O=C(OCc1cc2ccccc2nc1Cl)c1ccc(O)cc1O. The fourth-order valence-corrected chi connectivity index (χ4v) is 2.35. The van der Waals surface area contributed by atoms with Crippen LogP contribution in [0.5, 0.6) is 11.5 Å². The average Bonchev–Trinajstić information content (AvgIpc) is 2.52. The smallest absolute Gasteiger partial charge is 0.342 e. The number of carbonyl (C=O) groups excluding carboxylic acids is 1. The van der Waals surface area contributed by atoms with Gasteiger partial charge in [0, 0.05) is 17.0 Å². The molecule has 0 saturated heterocycles. The number of nitrogens with zero attached hydrogens (tertiary/aromatic N) is 1. The molecule has 0 spiro atoms. The first-order chi connectivity index (χ1) is 11.0. The molecule has 2 aromatic carbocycles. The van der Waals surface area contributed by atoms with Gasteiger partial charge in [-0.15, -0.1) is 0 Å². The Hall–Kier alpha value is -2.79. The van der Waals surface area contributed by atoms with E-state index in [2.05, 4.69) is 4.98 Å². The molecule has 0 fully saturated rings. The summed E-state index contributed by atoms with van der Waals surface area (Å²) < 4.78 is 5.16. The molecular formula is C17H12ClNO4. The second kappa shape index (κ2) is 6.14. The molecule has 2 N–H and O–H groups in total. The number of para-hydroxylation sites is 1. The molecule has 6 heteroatoms. The van der Waals surface area contributed by atoms with E-state index in [1.165, 1.54) is 12.1 Å². The Labute approximate surface area is 136 Å². The molecule has 1 heterocycles. The van der Waals surface area contributed by atoms with Crippen LogP contribution in [0.25, 0.3) is 10.9 Å². The number of fused-ring (bicyclic) bond motifs is 1. The van der Waals surface area contributed by atoms with Crippen molar-refractivity contribution in [1.82, 2.24) is 4.98 Å². The number of pyridine rings is 1. The van der Waals surface area contributed by atoms with Crippen molar-refractivity contribution in [2.75, 3.05) is 0 Å². The lowest BCUT2D eigenvalue weighted by Crippen LogP contribution is -2.06. The first kappa shape index (κ1) is 15.1. The fourth-order valence-electron chi connectivity index (χ4n) is 2.15. The van der Waals surface area contributed by atoms with Crippen LogP contribution in [0.2, 0.25) is 5.15 Å². The number of benzene rings is 2. The molecule has 0 radical (unpaired) electrons. The Morgan fingerprint density at radius 3 is 2.70 bits per heavy atom. The summed E-state index contributed by atoms with van der Waals surface area (Å²) in [5, 5.41) is 20.0. The molecular weight excluding hydrogens is 318 g/mol. The monoisotopic (exact) mass is 329 g/mol. The van der Waals surface area contributed by atoms with Gasteiger partial charge in [0.05, 0.1) is 5.52 Å². The zero-order valence-electron chi connectivity index (χ0n) is 11.9. The van der Waals surface area contributed by atoms with Crippen LogP contribution in [0.1, 0.15) is 15.9 Å². The minimum absolute atomic E-state index is 0.0346. The first-order valence-electron chi connectivity index (χ1n) is 6.78. The topological polar surface area (TPSA) is 79.7 Å². The van der Waals surface area contributed by atoms with E-state index in [1.54, 1.807) is 6.07 Å². The number of hydrogen-bond donors (Lipinski definition) is 2. The maximum absolute atomic E-state index is 12.0. The molecule has 0 bridgehead atoms. The van der Waals surface area contributed by atoms with Gasteiger partial charge in [-0.3, -0.25) is 0 Å². The van der Waals surface area contributed by atoms with Crippen LogP contribution in [-0.2, 0) is 11.3 Å². The number of halogens is 1. The molecule has 0 aliphatic rings. The second-order valence-electron chi connectivity index (χ2n) is 4.91. The number of aromatic nitrogens is 1. The summed E-state index contributed by atoms with van der Waals surface area (Å²) in [5.41, 5.74) is 1.29. The predicted molar refractivity (Wildman–Crippen MR) is 85.6 cm³/mol. The third kappa shape index (κ3) is 3.19. The van der Waals surface area contributed by atoms with E-state index in [1.807, 2.05) is 24.3 Å². The maximum Gasteiger partial charge on any atom is 0.342 e. The number of phenols is 2. The van der Waals surface area contributed by atoms with Crippen molar-refractivity contribution in [2.45, 2.75) is 6.61 Å². The number of rotatable bonds is 3.